The third-order valence-corrected chi connectivity index (χ3v) is 4.91. The minimum atomic E-state index is -3.23. The molecule has 6 heteroatoms. The molecule has 0 aromatic carbocycles. The maximum Gasteiger partial charge on any atom is 0.279 e. The highest BCUT2D eigenvalue weighted by molar-refractivity contribution is 7.87. The van der Waals surface area contributed by atoms with Crippen molar-refractivity contribution in [2.24, 2.45) is 0 Å². The lowest BCUT2D eigenvalue weighted by Crippen LogP contribution is -2.46. The van der Waals surface area contributed by atoms with Crippen LogP contribution in [-0.4, -0.2) is 44.9 Å². The standard InChI is InChI=1S/C10H21N3O2S/c14-16(15,13-7-2-1-3-8-13)12-9-10-5-4-6-11-10/h10-12H,1-9H2. The van der Waals surface area contributed by atoms with E-state index in [0.29, 0.717) is 25.7 Å². The molecule has 2 aliphatic rings. The summed E-state index contributed by atoms with van der Waals surface area (Å²) in [5, 5.41) is 3.29. The molecule has 0 aromatic rings. The molecule has 0 bridgehead atoms. The van der Waals surface area contributed by atoms with Crippen molar-refractivity contribution in [2.45, 2.75) is 38.1 Å². The molecule has 1 unspecified atom stereocenters. The Morgan fingerprint density at radius 1 is 1.19 bits per heavy atom. The first-order valence-electron chi connectivity index (χ1n) is 6.16. The number of hydrogen-bond donors (Lipinski definition) is 2. The van der Waals surface area contributed by atoms with Gasteiger partial charge in [0.15, 0.2) is 0 Å². The first-order chi connectivity index (χ1) is 7.68. The molecule has 0 aromatic heterocycles. The molecule has 2 N–H and O–H groups in total. The summed E-state index contributed by atoms with van der Waals surface area (Å²) in [5.74, 6) is 0. The van der Waals surface area contributed by atoms with Gasteiger partial charge in [-0.15, -0.1) is 0 Å². The van der Waals surface area contributed by atoms with Crippen molar-refractivity contribution < 1.29 is 8.42 Å². The minimum absolute atomic E-state index is 0.319. The molecule has 2 fully saturated rings. The van der Waals surface area contributed by atoms with Gasteiger partial charge in [-0.3, -0.25) is 0 Å². The summed E-state index contributed by atoms with van der Waals surface area (Å²) in [5.41, 5.74) is 0. The van der Waals surface area contributed by atoms with Crippen LogP contribution >= 0.6 is 0 Å². The molecular formula is C10H21N3O2S. The van der Waals surface area contributed by atoms with Crippen molar-refractivity contribution in [3.8, 4) is 0 Å². The summed E-state index contributed by atoms with van der Waals surface area (Å²) >= 11 is 0. The average molecular weight is 247 g/mol. The Morgan fingerprint density at radius 2 is 1.94 bits per heavy atom. The van der Waals surface area contributed by atoms with E-state index in [9.17, 15) is 8.42 Å². The van der Waals surface area contributed by atoms with Gasteiger partial charge in [0.2, 0.25) is 0 Å². The zero-order valence-electron chi connectivity index (χ0n) is 9.61. The maximum atomic E-state index is 11.9. The Kier molecular flexibility index (Phi) is 4.18. The second-order valence-corrected chi connectivity index (χ2v) is 6.36. The van der Waals surface area contributed by atoms with E-state index >= 15 is 0 Å². The first-order valence-corrected chi connectivity index (χ1v) is 7.60. The van der Waals surface area contributed by atoms with Gasteiger partial charge in [0.25, 0.3) is 10.2 Å². The van der Waals surface area contributed by atoms with Gasteiger partial charge in [-0.1, -0.05) is 6.42 Å². The predicted octanol–water partition coefficient (Wildman–Crippen LogP) is 0.0587. The molecule has 2 aliphatic heterocycles. The first kappa shape index (κ1) is 12.3. The molecular weight excluding hydrogens is 226 g/mol. The second kappa shape index (κ2) is 5.44. The van der Waals surface area contributed by atoms with Crippen molar-refractivity contribution in [2.75, 3.05) is 26.2 Å². The maximum absolute atomic E-state index is 11.9. The highest BCUT2D eigenvalue weighted by Gasteiger charge is 2.25. The third kappa shape index (κ3) is 3.16. The van der Waals surface area contributed by atoms with Gasteiger partial charge in [-0.2, -0.15) is 12.7 Å². The van der Waals surface area contributed by atoms with Crippen LogP contribution in [-0.2, 0) is 10.2 Å². The van der Waals surface area contributed by atoms with Gasteiger partial charge < -0.3 is 5.32 Å². The topological polar surface area (TPSA) is 61.4 Å². The summed E-state index contributed by atoms with van der Waals surface area (Å²) in [6.45, 7) is 2.88. The Hall–Kier alpha value is -0.170. The summed E-state index contributed by atoms with van der Waals surface area (Å²) in [7, 11) is -3.23. The van der Waals surface area contributed by atoms with Crippen molar-refractivity contribution in [1.82, 2.24) is 14.3 Å². The number of hydrogen-bond acceptors (Lipinski definition) is 3. The van der Waals surface area contributed by atoms with Gasteiger partial charge in [0.05, 0.1) is 0 Å². The van der Waals surface area contributed by atoms with Crippen molar-refractivity contribution in [3.63, 3.8) is 0 Å². The van der Waals surface area contributed by atoms with Crippen LogP contribution in [0.15, 0.2) is 0 Å². The fraction of sp³-hybridized carbons (Fsp3) is 1.00. The van der Waals surface area contributed by atoms with Crippen LogP contribution in [0.3, 0.4) is 0 Å². The van der Waals surface area contributed by atoms with Crippen LogP contribution in [0.4, 0.5) is 0 Å². The number of nitrogens with one attached hydrogen (secondary N) is 2. The zero-order chi connectivity index (χ0) is 11.4. The van der Waals surface area contributed by atoms with E-state index in [1.807, 2.05) is 0 Å². The van der Waals surface area contributed by atoms with Gasteiger partial charge in [-0.25, -0.2) is 4.72 Å². The van der Waals surface area contributed by atoms with E-state index < -0.39 is 10.2 Å². The van der Waals surface area contributed by atoms with Crippen molar-refractivity contribution in [3.05, 3.63) is 0 Å². The lowest BCUT2D eigenvalue weighted by Gasteiger charge is -2.26. The third-order valence-electron chi connectivity index (χ3n) is 3.33. The summed E-state index contributed by atoms with van der Waals surface area (Å²) in [6.07, 6.45) is 5.35. The molecule has 2 saturated heterocycles. The minimum Gasteiger partial charge on any atom is -0.313 e. The Bertz CT molecular complexity index is 306. The normalized spacial score (nSPS) is 28.4. The van der Waals surface area contributed by atoms with Crippen LogP contribution in [0.1, 0.15) is 32.1 Å². The summed E-state index contributed by atoms with van der Waals surface area (Å²) in [4.78, 5) is 0. The largest absolute Gasteiger partial charge is 0.313 e. The molecule has 1 atom stereocenters. The van der Waals surface area contributed by atoms with Crippen molar-refractivity contribution >= 4 is 10.2 Å². The Morgan fingerprint density at radius 3 is 2.56 bits per heavy atom. The lowest BCUT2D eigenvalue weighted by atomic mass is 10.2. The quantitative estimate of drug-likeness (QED) is 0.738. The zero-order valence-corrected chi connectivity index (χ0v) is 10.4. The average Bonchev–Trinajstić information content (AvgIpc) is 2.81. The molecule has 0 spiro atoms. The molecule has 94 valence electrons. The van der Waals surface area contributed by atoms with E-state index in [0.717, 1.165) is 38.6 Å². The highest BCUT2D eigenvalue weighted by atomic mass is 32.2. The monoisotopic (exact) mass is 247 g/mol. The van der Waals surface area contributed by atoms with Crippen molar-refractivity contribution in [1.29, 1.82) is 0 Å². The molecule has 5 nitrogen and oxygen atoms in total. The SMILES string of the molecule is O=S(=O)(NCC1CCCN1)N1CCCCC1. The van der Waals surface area contributed by atoms with E-state index in [-0.39, 0.29) is 0 Å². The predicted molar refractivity (Wildman–Crippen MR) is 63.4 cm³/mol. The smallest absolute Gasteiger partial charge is 0.279 e. The number of piperidine rings is 1. The summed E-state index contributed by atoms with van der Waals surface area (Å²) in [6, 6.07) is 0.319. The van der Waals surface area contributed by atoms with Crippen LogP contribution in [0.2, 0.25) is 0 Å². The molecule has 2 rings (SSSR count). The van der Waals surface area contributed by atoms with Crippen LogP contribution in [0, 0.1) is 0 Å². The van der Waals surface area contributed by atoms with E-state index in [2.05, 4.69) is 10.0 Å². The van der Waals surface area contributed by atoms with Gasteiger partial charge in [0, 0.05) is 25.7 Å². The van der Waals surface area contributed by atoms with Crippen LogP contribution < -0.4 is 10.0 Å². The second-order valence-electron chi connectivity index (χ2n) is 4.61. The van der Waals surface area contributed by atoms with Gasteiger partial charge in [0.1, 0.15) is 0 Å². The van der Waals surface area contributed by atoms with E-state index in [1.165, 1.54) is 0 Å². The lowest BCUT2D eigenvalue weighted by molar-refractivity contribution is 0.340. The number of rotatable bonds is 4. The molecule has 0 saturated carbocycles. The molecule has 2 heterocycles. The summed E-state index contributed by atoms with van der Waals surface area (Å²) < 4.78 is 28.1. The molecule has 16 heavy (non-hydrogen) atoms. The molecule has 0 aliphatic carbocycles. The van der Waals surface area contributed by atoms with Gasteiger partial charge >= 0.3 is 0 Å². The Labute approximate surface area is 97.8 Å². The van der Waals surface area contributed by atoms with Crippen LogP contribution in [0.5, 0.6) is 0 Å². The Balaban J connectivity index is 1.81. The molecule has 0 radical (unpaired) electrons. The van der Waals surface area contributed by atoms with Crippen LogP contribution in [0.25, 0.3) is 0 Å². The van der Waals surface area contributed by atoms with E-state index in [4.69, 9.17) is 0 Å². The van der Waals surface area contributed by atoms with E-state index in [1.54, 1.807) is 4.31 Å². The number of nitrogens with zero attached hydrogens (tertiary/aromatic N) is 1. The van der Waals surface area contributed by atoms with Gasteiger partial charge in [-0.05, 0) is 32.2 Å². The highest BCUT2D eigenvalue weighted by Crippen LogP contribution is 2.12. The fourth-order valence-electron chi connectivity index (χ4n) is 2.33. The molecule has 0 amide bonds. The fourth-order valence-corrected chi connectivity index (χ4v) is 3.67.